The second-order valence-corrected chi connectivity index (χ2v) is 6.07. The lowest BCUT2D eigenvalue weighted by atomic mass is 9.94. The fraction of sp³-hybridized carbons (Fsp3) is 0.882. The van der Waals surface area contributed by atoms with Crippen LogP contribution in [0.4, 0.5) is 0 Å². The van der Waals surface area contributed by atoms with Gasteiger partial charge in [0.1, 0.15) is 19.3 Å². The molecule has 24 heavy (non-hydrogen) atoms. The number of ether oxygens (including phenoxy) is 4. The molecule has 1 heterocycles. The maximum atomic E-state index is 12.1. The minimum absolute atomic E-state index is 0.0217. The second-order valence-electron chi connectivity index (χ2n) is 6.07. The van der Waals surface area contributed by atoms with Crippen LogP contribution >= 0.6 is 0 Å². The van der Waals surface area contributed by atoms with E-state index in [9.17, 15) is 9.59 Å². The molecule has 7 nitrogen and oxygen atoms in total. The number of rotatable bonds is 11. The molecule has 1 aliphatic heterocycles. The third-order valence-electron chi connectivity index (χ3n) is 3.95. The Balaban J connectivity index is 2.32. The highest BCUT2D eigenvalue weighted by Crippen LogP contribution is 2.20. The van der Waals surface area contributed by atoms with Crippen molar-refractivity contribution in [2.24, 2.45) is 11.8 Å². The zero-order chi connectivity index (χ0) is 17.9. The summed E-state index contributed by atoms with van der Waals surface area (Å²) < 4.78 is 21.3. The summed E-state index contributed by atoms with van der Waals surface area (Å²) in [5, 5.41) is 8.69. The standard InChI is InChI=1S/C17H30O7/c1-4-6-15-22-10-14(24-15)11-23-16(19)12(3)9-13(5-2)17(20)21-8-7-18/h12-15,18H,4-11H2,1-3H3. The van der Waals surface area contributed by atoms with Crippen molar-refractivity contribution in [2.45, 2.75) is 58.8 Å². The van der Waals surface area contributed by atoms with Crippen molar-refractivity contribution in [3.8, 4) is 0 Å². The molecule has 4 unspecified atom stereocenters. The topological polar surface area (TPSA) is 91.3 Å². The molecule has 0 aromatic heterocycles. The summed E-state index contributed by atoms with van der Waals surface area (Å²) in [6.07, 6.45) is 2.30. The molecular weight excluding hydrogens is 316 g/mol. The van der Waals surface area contributed by atoms with Gasteiger partial charge in [-0.15, -0.1) is 0 Å². The van der Waals surface area contributed by atoms with Crippen LogP contribution in [0.5, 0.6) is 0 Å². The maximum absolute atomic E-state index is 12.1. The minimum Gasteiger partial charge on any atom is -0.463 e. The van der Waals surface area contributed by atoms with Crippen LogP contribution in [0.25, 0.3) is 0 Å². The third-order valence-corrected chi connectivity index (χ3v) is 3.95. The lowest BCUT2D eigenvalue weighted by molar-refractivity contribution is -0.155. The normalized spacial score (nSPS) is 22.8. The van der Waals surface area contributed by atoms with Gasteiger partial charge in [0.15, 0.2) is 6.29 Å². The zero-order valence-corrected chi connectivity index (χ0v) is 14.9. The van der Waals surface area contributed by atoms with Crippen LogP contribution in [0, 0.1) is 11.8 Å². The van der Waals surface area contributed by atoms with Crippen molar-refractivity contribution in [3.05, 3.63) is 0 Å². The predicted octanol–water partition coefficient (Wildman–Crippen LogP) is 1.66. The number of aliphatic hydroxyl groups excluding tert-OH is 1. The first-order valence-corrected chi connectivity index (χ1v) is 8.72. The summed E-state index contributed by atoms with van der Waals surface area (Å²) >= 11 is 0. The van der Waals surface area contributed by atoms with Gasteiger partial charge in [-0.3, -0.25) is 9.59 Å². The third kappa shape index (κ3) is 7.15. The van der Waals surface area contributed by atoms with Gasteiger partial charge in [-0.2, -0.15) is 0 Å². The lowest BCUT2D eigenvalue weighted by Crippen LogP contribution is -2.27. The molecule has 1 saturated heterocycles. The number of hydrogen-bond acceptors (Lipinski definition) is 7. The van der Waals surface area contributed by atoms with E-state index < -0.39 is 5.92 Å². The number of hydrogen-bond donors (Lipinski definition) is 1. The van der Waals surface area contributed by atoms with Crippen molar-refractivity contribution in [3.63, 3.8) is 0 Å². The quantitative estimate of drug-likeness (QED) is 0.569. The van der Waals surface area contributed by atoms with Crippen LogP contribution in [-0.2, 0) is 28.5 Å². The molecule has 1 fully saturated rings. The summed E-state index contributed by atoms with van der Waals surface area (Å²) in [7, 11) is 0. The van der Waals surface area contributed by atoms with Gasteiger partial charge in [-0.05, 0) is 19.3 Å². The van der Waals surface area contributed by atoms with Crippen molar-refractivity contribution >= 4 is 11.9 Å². The number of carbonyl (C=O) groups is 2. The zero-order valence-electron chi connectivity index (χ0n) is 14.9. The van der Waals surface area contributed by atoms with E-state index in [1.807, 2.05) is 6.92 Å². The summed E-state index contributed by atoms with van der Waals surface area (Å²) in [5.74, 6) is -1.53. The van der Waals surface area contributed by atoms with Gasteiger partial charge in [0.2, 0.25) is 0 Å². The Morgan fingerprint density at radius 3 is 2.62 bits per heavy atom. The van der Waals surface area contributed by atoms with Crippen LogP contribution in [0.3, 0.4) is 0 Å². The van der Waals surface area contributed by atoms with Gasteiger partial charge in [0, 0.05) is 0 Å². The van der Waals surface area contributed by atoms with Crippen LogP contribution in [0.15, 0.2) is 0 Å². The van der Waals surface area contributed by atoms with Crippen LogP contribution in [-0.4, -0.2) is 55.9 Å². The summed E-state index contributed by atoms with van der Waals surface area (Å²) in [6.45, 7) is 6.01. The van der Waals surface area contributed by atoms with Gasteiger partial charge in [0.25, 0.3) is 0 Å². The fourth-order valence-corrected chi connectivity index (χ4v) is 2.52. The molecule has 140 valence electrons. The van der Waals surface area contributed by atoms with Gasteiger partial charge in [-0.25, -0.2) is 0 Å². The van der Waals surface area contributed by atoms with Crippen molar-refractivity contribution in [1.29, 1.82) is 0 Å². The Bertz CT molecular complexity index is 385. The second kappa shape index (κ2) is 11.4. The molecule has 1 N–H and O–H groups in total. The molecule has 1 aliphatic rings. The molecule has 0 aromatic carbocycles. The van der Waals surface area contributed by atoms with Crippen molar-refractivity contribution in [1.82, 2.24) is 0 Å². The first kappa shape index (κ1) is 20.9. The van der Waals surface area contributed by atoms with Gasteiger partial charge >= 0.3 is 11.9 Å². The average Bonchev–Trinajstić information content (AvgIpc) is 3.02. The molecule has 0 bridgehead atoms. The SMILES string of the molecule is CCCC1OCC(COC(=O)C(C)CC(CC)C(=O)OCCO)O1. The molecule has 0 aromatic rings. The van der Waals surface area contributed by atoms with Gasteiger partial charge in [0.05, 0.1) is 25.0 Å². The van der Waals surface area contributed by atoms with E-state index in [-0.39, 0.29) is 50.1 Å². The monoisotopic (exact) mass is 346 g/mol. The highest BCUT2D eigenvalue weighted by atomic mass is 16.7. The Kier molecular flexibility index (Phi) is 9.90. The molecule has 4 atom stereocenters. The summed E-state index contributed by atoms with van der Waals surface area (Å²) in [5.41, 5.74) is 0. The number of aliphatic hydroxyl groups is 1. The molecule has 0 saturated carbocycles. The van der Waals surface area contributed by atoms with Crippen molar-refractivity contribution in [2.75, 3.05) is 26.4 Å². The Morgan fingerprint density at radius 1 is 1.25 bits per heavy atom. The minimum atomic E-state index is -0.412. The Hall–Kier alpha value is -1.18. The van der Waals surface area contributed by atoms with Crippen LogP contribution in [0.2, 0.25) is 0 Å². The first-order valence-electron chi connectivity index (χ1n) is 8.72. The fourth-order valence-electron chi connectivity index (χ4n) is 2.52. The van der Waals surface area contributed by atoms with E-state index in [4.69, 9.17) is 24.1 Å². The highest BCUT2D eigenvalue weighted by molar-refractivity contribution is 5.75. The molecule has 0 aliphatic carbocycles. The summed E-state index contributed by atoms with van der Waals surface area (Å²) in [6, 6.07) is 0. The highest BCUT2D eigenvalue weighted by Gasteiger charge is 2.29. The van der Waals surface area contributed by atoms with Crippen LogP contribution < -0.4 is 0 Å². The number of esters is 2. The molecule has 0 radical (unpaired) electrons. The lowest BCUT2D eigenvalue weighted by Gasteiger charge is -2.18. The number of carbonyl (C=O) groups excluding carboxylic acids is 2. The van der Waals surface area contributed by atoms with E-state index in [1.165, 1.54) is 0 Å². The van der Waals surface area contributed by atoms with E-state index in [1.54, 1.807) is 6.92 Å². The summed E-state index contributed by atoms with van der Waals surface area (Å²) in [4.78, 5) is 23.9. The average molecular weight is 346 g/mol. The van der Waals surface area contributed by atoms with E-state index >= 15 is 0 Å². The van der Waals surface area contributed by atoms with Crippen LogP contribution in [0.1, 0.15) is 46.5 Å². The van der Waals surface area contributed by atoms with E-state index in [0.717, 1.165) is 12.8 Å². The largest absolute Gasteiger partial charge is 0.463 e. The van der Waals surface area contributed by atoms with Gasteiger partial charge in [-0.1, -0.05) is 27.2 Å². The Morgan fingerprint density at radius 2 is 2.00 bits per heavy atom. The van der Waals surface area contributed by atoms with E-state index in [2.05, 4.69) is 6.92 Å². The Labute approximate surface area is 143 Å². The molecule has 1 rings (SSSR count). The van der Waals surface area contributed by atoms with E-state index in [0.29, 0.717) is 19.4 Å². The molecular formula is C17H30O7. The predicted molar refractivity (Wildman–Crippen MR) is 86.1 cm³/mol. The smallest absolute Gasteiger partial charge is 0.309 e. The molecule has 0 amide bonds. The molecule has 0 spiro atoms. The maximum Gasteiger partial charge on any atom is 0.309 e. The molecule has 7 heteroatoms. The van der Waals surface area contributed by atoms with Gasteiger partial charge < -0.3 is 24.1 Å². The van der Waals surface area contributed by atoms with Crippen molar-refractivity contribution < 1.29 is 33.6 Å². The first-order chi connectivity index (χ1) is 11.5.